The van der Waals surface area contributed by atoms with E-state index in [4.69, 9.17) is 0 Å². The fourth-order valence-corrected chi connectivity index (χ4v) is 3.03. The van der Waals surface area contributed by atoms with Gasteiger partial charge in [-0.2, -0.15) is 0 Å². The first-order valence-electron chi connectivity index (χ1n) is 7.75. The summed E-state index contributed by atoms with van der Waals surface area (Å²) in [4.78, 5) is 25.7. The Hall–Kier alpha value is -2.51. The van der Waals surface area contributed by atoms with E-state index in [2.05, 4.69) is 15.4 Å². The summed E-state index contributed by atoms with van der Waals surface area (Å²) in [6, 6.07) is 3.81. The number of nitrogens with one attached hydrogen (secondary N) is 2. The molecule has 128 valence electrons. The number of rotatable bonds is 5. The third-order valence-electron chi connectivity index (χ3n) is 4.64. The average Bonchev–Trinajstić information content (AvgIpc) is 2.84. The van der Waals surface area contributed by atoms with Crippen molar-refractivity contribution in [2.45, 2.75) is 25.7 Å². The molecule has 0 radical (unpaired) electrons. The van der Waals surface area contributed by atoms with Crippen LogP contribution in [0, 0.1) is 17.0 Å². The molecule has 1 fully saturated rings. The molecule has 0 atom stereocenters. The summed E-state index contributed by atoms with van der Waals surface area (Å²) in [7, 11) is 1.43. The lowest BCUT2D eigenvalue weighted by molar-refractivity contribution is 0.0846. The molecule has 1 aliphatic rings. The molecule has 0 saturated heterocycles. The monoisotopic (exact) mass is 336 g/mol. The predicted octanol–water partition coefficient (Wildman–Crippen LogP) is 1.53. The molecule has 0 unspecified atom stereocenters. The summed E-state index contributed by atoms with van der Waals surface area (Å²) in [6.45, 7) is 0.276. The summed E-state index contributed by atoms with van der Waals surface area (Å²) in [5.41, 5.74) is -0.794. The van der Waals surface area contributed by atoms with Gasteiger partial charge in [-0.3, -0.25) is 9.78 Å². The largest absolute Gasteiger partial charge is 0.349 e. The van der Waals surface area contributed by atoms with Crippen LogP contribution in [0.3, 0.4) is 0 Å². The molecule has 1 aromatic heterocycles. The number of carbonyl (C=O) groups excluding carboxylic acids is 1. The molecule has 24 heavy (non-hydrogen) atoms. The van der Waals surface area contributed by atoms with Gasteiger partial charge >= 0.3 is 5.69 Å². The van der Waals surface area contributed by atoms with Crippen LogP contribution in [0.2, 0.25) is 0 Å². The second kappa shape index (κ2) is 6.18. The maximum Gasteiger partial charge on any atom is 0.343 e. The first-order chi connectivity index (χ1) is 11.4. The maximum atomic E-state index is 13.9. The Balaban J connectivity index is 1.70. The van der Waals surface area contributed by atoms with Crippen molar-refractivity contribution in [1.82, 2.24) is 20.1 Å². The molecule has 0 aliphatic heterocycles. The maximum absolute atomic E-state index is 13.9. The molecule has 2 N–H and O–H groups in total. The number of carbonyl (C=O) groups is 1. The standard InChI is InChI=1S/C16H18F2N4O2/c1-22-15(24)20-13(21-22)14(23)19-9-16(6-3-7-16)8-10-11(17)4-2-5-12(10)18/h2,4-5H,3,6-9H2,1H3,(H,19,23)(H,20,21,24). The molecular formula is C16H18F2N4O2. The number of aryl methyl sites for hydroxylation is 1. The van der Waals surface area contributed by atoms with E-state index in [0.717, 1.165) is 23.9 Å². The van der Waals surface area contributed by atoms with Crippen molar-refractivity contribution in [3.05, 3.63) is 51.7 Å². The van der Waals surface area contributed by atoms with Gasteiger partial charge in [-0.05, 0) is 36.8 Å². The van der Waals surface area contributed by atoms with Gasteiger partial charge in [-0.25, -0.2) is 18.3 Å². The number of H-pyrrole nitrogens is 1. The van der Waals surface area contributed by atoms with Gasteiger partial charge in [0, 0.05) is 19.2 Å². The van der Waals surface area contributed by atoms with Crippen LogP contribution in [-0.4, -0.2) is 27.2 Å². The Morgan fingerprint density at radius 2 is 2.04 bits per heavy atom. The van der Waals surface area contributed by atoms with Gasteiger partial charge in [-0.15, -0.1) is 5.10 Å². The lowest BCUT2D eigenvalue weighted by atomic mass is 9.65. The fraction of sp³-hybridized carbons (Fsp3) is 0.438. The molecular weight excluding hydrogens is 318 g/mol. The van der Waals surface area contributed by atoms with Crippen molar-refractivity contribution in [3.63, 3.8) is 0 Å². The second-order valence-corrected chi connectivity index (χ2v) is 6.32. The Morgan fingerprint density at radius 3 is 2.54 bits per heavy atom. The topological polar surface area (TPSA) is 79.8 Å². The molecule has 1 saturated carbocycles. The lowest BCUT2D eigenvalue weighted by Crippen LogP contribution is -2.44. The minimum absolute atomic E-state index is 0.0534. The third-order valence-corrected chi connectivity index (χ3v) is 4.64. The lowest BCUT2D eigenvalue weighted by Gasteiger charge is -2.42. The van der Waals surface area contributed by atoms with E-state index in [0.29, 0.717) is 0 Å². The molecule has 1 aliphatic carbocycles. The second-order valence-electron chi connectivity index (χ2n) is 6.32. The third kappa shape index (κ3) is 3.08. The highest BCUT2D eigenvalue weighted by molar-refractivity contribution is 5.90. The molecule has 6 nitrogen and oxygen atoms in total. The van der Waals surface area contributed by atoms with Gasteiger partial charge in [-0.1, -0.05) is 12.5 Å². The number of hydrogen-bond acceptors (Lipinski definition) is 3. The quantitative estimate of drug-likeness (QED) is 0.869. The normalized spacial score (nSPS) is 15.8. The van der Waals surface area contributed by atoms with Crippen molar-refractivity contribution >= 4 is 5.91 Å². The Morgan fingerprint density at radius 1 is 1.38 bits per heavy atom. The zero-order valence-electron chi connectivity index (χ0n) is 13.2. The van der Waals surface area contributed by atoms with Crippen LogP contribution in [-0.2, 0) is 13.5 Å². The molecule has 0 spiro atoms. The highest BCUT2D eigenvalue weighted by atomic mass is 19.1. The van der Waals surface area contributed by atoms with Crippen LogP contribution in [0.4, 0.5) is 8.78 Å². The van der Waals surface area contributed by atoms with E-state index in [1.54, 1.807) is 0 Å². The van der Waals surface area contributed by atoms with E-state index >= 15 is 0 Å². The van der Waals surface area contributed by atoms with E-state index in [-0.39, 0.29) is 29.8 Å². The van der Waals surface area contributed by atoms with Crippen LogP contribution in [0.5, 0.6) is 0 Å². The van der Waals surface area contributed by atoms with E-state index < -0.39 is 23.2 Å². The highest BCUT2D eigenvalue weighted by Gasteiger charge is 2.38. The minimum atomic E-state index is -0.568. The average molecular weight is 336 g/mol. The molecule has 8 heteroatoms. The molecule has 2 aromatic rings. The summed E-state index contributed by atoms with van der Waals surface area (Å²) < 4.78 is 28.8. The van der Waals surface area contributed by atoms with Gasteiger partial charge in [0.05, 0.1) is 0 Å². The van der Waals surface area contributed by atoms with E-state index in [1.165, 1.54) is 25.2 Å². The summed E-state index contributed by atoms with van der Waals surface area (Å²) in [6.07, 6.45) is 2.73. The van der Waals surface area contributed by atoms with Crippen LogP contribution in [0.1, 0.15) is 35.4 Å². The number of nitrogens with zero attached hydrogens (tertiary/aromatic N) is 2. The Bertz CT molecular complexity index is 803. The van der Waals surface area contributed by atoms with Crippen molar-refractivity contribution in [2.24, 2.45) is 12.5 Å². The number of halogens is 2. The van der Waals surface area contributed by atoms with E-state index in [9.17, 15) is 18.4 Å². The van der Waals surface area contributed by atoms with Crippen molar-refractivity contribution in [1.29, 1.82) is 0 Å². The van der Waals surface area contributed by atoms with Gasteiger partial charge in [0.15, 0.2) is 0 Å². The highest BCUT2D eigenvalue weighted by Crippen LogP contribution is 2.43. The zero-order valence-corrected chi connectivity index (χ0v) is 13.2. The van der Waals surface area contributed by atoms with Crippen LogP contribution in [0.25, 0.3) is 0 Å². The van der Waals surface area contributed by atoms with Crippen LogP contribution < -0.4 is 11.0 Å². The Labute approximate surface area is 136 Å². The van der Waals surface area contributed by atoms with E-state index in [1.807, 2.05) is 0 Å². The van der Waals surface area contributed by atoms with Gasteiger partial charge in [0.1, 0.15) is 11.6 Å². The smallest absolute Gasteiger partial charge is 0.343 e. The van der Waals surface area contributed by atoms with Crippen molar-refractivity contribution in [2.75, 3.05) is 6.54 Å². The van der Waals surface area contributed by atoms with Crippen molar-refractivity contribution < 1.29 is 13.6 Å². The summed E-state index contributed by atoms with van der Waals surface area (Å²) in [5, 5.41) is 6.50. The number of amides is 1. The zero-order chi connectivity index (χ0) is 17.3. The SMILES string of the molecule is Cn1nc(C(=O)NCC2(Cc3c(F)cccc3F)CCC2)[nH]c1=O. The number of aromatic nitrogens is 3. The van der Waals surface area contributed by atoms with Crippen molar-refractivity contribution in [3.8, 4) is 0 Å². The first-order valence-corrected chi connectivity index (χ1v) is 7.75. The number of hydrogen-bond donors (Lipinski definition) is 2. The predicted molar refractivity (Wildman–Crippen MR) is 82.5 cm³/mol. The fourth-order valence-electron chi connectivity index (χ4n) is 3.03. The number of benzene rings is 1. The minimum Gasteiger partial charge on any atom is -0.349 e. The van der Waals surface area contributed by atoms with Crippen LogP contribution in [0.15, 0.2) is 23.0 Å². The molecule has 3 rings (SSSR count). The summed E-state index contributed by atoms with van der Waals surface area (Å²) in [5.74, 6) is -1.72. The first kappa shape index (κ1) is 16.4. The van der Waals surface area contributed by atoms with Gasteiger partial charge in [0.2, 0.25) is 5.82 Å². The molecule has 1 heterocycles. The number of aromatic amines is 1. The molecule has 0 bridgehead atoms. The van der Waals surface area contributed by atoms with Gasteiger partial charge in [0.25, 0.3) is 5.91 Å². The van der Waals surface area contributed by atoms with Gasteiger partial charge < -0.3 is 5.32 Å². The van der Waals surface area contributed by atoms with Crippen LogP contribution >= 0.6 is 0 Å². The summed E-state index contributed by atoms with van der Waals surface area (Å²) >= 11 is 0. The molecule has 1 aromatic carbocycles. The Kier molecular flexibility index (Phi) is 4.21. The molecule has 1 amide bonds.